The second-order valence-corrected chi connectivity index (χ2v) is 7.97. The number of rotatable bonds is 8. The van der Waals surface area contributed by atoms with Crippen molar-refractivity contribution in [2.45, 2.75) is 6.61 Å². The third-order valence-corrected chi connectivity index (χ3v) is 5.16. The third kappa shape index (κ3) is 5.95. The molecule has 6 heteroatoms. The summed E-state index contributed by atoms with van der Waals surface area (Å²) < 4.78 is 12.5. The first-order chi connectivity index (χ1) is 15.7. The van der Waals surface area contributed by atoms with Crippen molar-refractivity contribution >= 4 is 38.8 Å². The Kier molecular flexibility index (Phi) is 7.15. The first-order valence-corrected chi connectivity index (χ1v) is 10.9. The number of nitrogens with zero attached hydrogens (tertiary/aromatic N) is 1. The van der Waals surface area contributed by atoms with Crippen LogP contribution in [0.2, 0.25) is 0 Å². The van der Waals surface area contributed by atoms with Gasteiger partial charge in [-0.05, 0) is 46.8 Å². The quantitative estimate of drug-likeness (QED) is 0.255. The van der Waals surface area contributed by atoms with Crippen LogP contribution in [0.25, 0.3) is 10.8 Å². The molecule has 160 valence electrons. The standard InChI is InChI=1S/C26H21BrN2O3/c27-22-10-3-7-20(14-22)17-31-23-11-4-6-19(15-23)16-28-29-26(30)18-32-25-13-5-9-21-8-1-2-12-24(21)25/h1-16H,17-18H2,(H,29,30)/b28-16-. The zero-order valence-electron chi connectivity index (χ0n) is 17.2. The number of hydrazone groups is 1. The van der Waals surface area contributed by atoms with Crippen LogP contribution >= 0.6 is 15.9 Å². The molecular formula is C26H21BrN2O3. The highest BCUT2D eigenvalue weighted by Crippen LogP contribution is 2.25. The maximum atomic E-state index is 12.1. The topological polar surface area (TPSA) is 59.9 Å². The zero-order valence-corrected chi connectivity index (χ0v) is 18.8. The molecule has 4 aromatic carbocycles. The predicted molar refractivity (Wildman–Crippen MR) is 130 cm³/mol. The summed E-state index contributed by atoms with van der Waals surface area (Å²) >= 11 is 3.46. The van der Waals surface area contributed by atoms with Crippen molar-refractivity contribution in [2.75, 3.05) is 6.61 Å². The molecule has 0 heterocycles. The molecular weight excluding hydrogens is 468 g/mol. The van der Waals surface area contributed by atoms with Gasteiger partial charge >= 0.3 is 0 Å². The molecule has 5 nitrogen and oxygen atoms in total. The lowest BCUT2D eigenvalue weighted by atomic mass is 10.1. The van der Waals surface area contributed by atoms with Gasteiger partial charge in [0.25, 0.3) is 5.91 Å². The number of halogens is 1. The van der Waals surface area contributed by atoms with E-state index in [2.05, 4.69) is 26.5 Å². The predicted octanol–water partition coefficient (Wildman–Crippen LogP) is 5.71. The van der Waals surface area contributed by atoms with Gasteiger partial charge in [0.2, 0.25) is 0 Å². The summed E-state index contributed by atoms with van der Waals surface area (Å²) in [4.78, 5) is 12.1. The Morgan fingerprint density at radius 3 is 2.62 bits per heavy atom. The highest BCUT2D eigenvalue weighted by atomic mass is 79.9. The Hall–Kier alpha value is -3.64. The van der Waals surface area contributed by atoms with Gasteiger partial charge in [0.1, 0.15) is 18.1 Å². The fraction of sp³-hybridized carbons (Fsp3) is 0.0769. The number of carbonyl (C=O) groups is 1. The molecule has 4 aromatic rings. The van der Waals surface area contributed by atoms with E-state index >= 15 is 0 Å². The summed E-state index contributed by atoms with van der Waals surface area (Å²) in [6.07, 6.45) is 1.57. The van der Waals surface area contributed by atoms with Crippen LogP contribution in [0, 0.1) is 0 Å². The van der Waals surface area contributed by atoms with Crippen molar-refractivity contribution in [3.8, 4) is 11.5 Å². The number of hydrogen-bond donors (Lipinski definition) is 1. The Morgan fingerprint density at radius 2 is 1.72 bits per heavy atom. The molecule has 0 saturated carbocycles. The van der Waals surface area contributed by atoms with Gasteiger partial charge in [-0.15, -0.1) is 0 Å². The number of ether oxygens (including phenoxy) is 2. The monoisotopic (exact) mass is 488 g/mol. The maximum absolute atomic E-state index is 12.1. The molecule has 0 radical (unpaired) electrons. The summed E-state index contributed by atoms with van der Waals surface area (Å²) in [5.41, 5.74) is 4.37. The summed E-state index contributed by atoms with van der Waals surface area (Å²) in [6, 6.07) is 29.1. The number of carbonyl (C=O) groups excluding carboxylic acids is 1. The molecule has 0 aliphatic heterocycles. The van der Waals surface area contributed by atoms with E-state index in [1.165, 1.54) is 0 Å². The van der Waals surface area contributed by atoms with Crippen molar-refractivity contribution in [3.05, 3.63) is 107 Å². The van der Waals surface area contributed by atoms with Crippen LogP contribution in [0.4, 0.5) is 0 Å². The molecule has 0 bridgehead atoms. The minimum Gasteiger partial charge on any atom is -0.489 e. The second-order valence-electron chi connectivity index (χ2n) is 7.05. The summed E-state index contributed by atoms with van der Waals surface area (Å²) in [5, 5.41) is 6.05. The number of nitrogens with one attached hydrogen (secondary N) is 1. The van der Waals surface area contributed by atoms with E-state index in [1.54, 1.807) is 6.21 Å². The number of hydrogen-bond acceptors (Lipinski definition) is 4. The lowest BCUT2D eigenvalue weighted by Gasteiger charge is -2.08. The van der Waals surface area contributed by atoms with E-state index in [9.17, 15) is 4.79 Å². The second kappa shape index (κ2) is 10.6. The van der Waals surface area contributed by atoms with Gasteiger partial charge in [-0.25, -0.2) is 5.43 Å². The largest absolute Gasteiger partial charge is 0.489 e. The van der Waals surface area contributed by atoms with Crippen LogP contribution < -0.4 is 14.9 Å². The molecule has 1 amide bonds. The molecule has 0 aliphatic carbocycles. The Bertz CT molecular complexity index is 1250. The van der Waals surface area contributed by atoms with E-state index in [-0.39, 0.29) is 12.5 Å². The van der Waals surface area contributed by atoms with Gasteiger partial charge in [-0.1, -0.05) is 76.6 Å². The van der Waals surface area contributed by atoms with E-state index in [0.29, 0.717) is 12.4 Å². The highest BCUT2D eigenvalue weighted by molar-refractivity contribution is 9.10. The Balaban J connectivity index is 1.29. The van der Waals surface area contributed by atoms with Gasteiger partial charge in [0.05, 0.1) is 6.21 Å². The first-order valence-electron chi connectivity index (χ1n) is 10.1. The van der Waals surface area contributed by atoms with Crippen molar-refractivity contribution in [1.29, 1.82) is 0 Å². The number of benzene rings is 4. The van der Waals surface area contributed by atoms with Crippen LogP contribution in [-0.4, -0.2) is 18.7 Å². The molecule has 0 aromatic heterocycles. The Morgan fingerprint density at radius 1 is 0.906 bits per heavy atom. The van der Waals surface area contributed by atoms with Gasteiger partial charge < -0.3 is 9.47 Å². The van der Waals surface area contributed by atoms with E-state index in [0.717, 1.165) is 32.1 Å². The minimum atomic E-state index is -0.337. The summed E-state index contributed by atoms with van der Waals surface area (Å²) in [6.45, 7) is 0.337. The maximum Gasteiger partial charge on any atom is 0.277 e. The van der Waals surface area contributed by atoms with Crippen LogP contribution in [0.1, 0.15) is 11.1 Å². The normalized spacial score (nSPS) is 10.9. The van der Waals surface area contributed by atoms with Crippen molar-refractivity contribution in [2.24, 2.45) is 5.10 Å². The molecule has 0 atom stereocenters. The lowest BCUT2D eigenvalue weighted by Crippen LogP contribution is -2.24. The van der Waals surface area contributed by atoms with Crippen molar-refractivity contribution in [3.63, 3.8) is 0 Å². The van der Waals surface area contributed by atoms with Gasteiger partial charge in [0.15, 0.2) is 6.61 Å². The minimum absolute atomic E-state index is 0.124. The number of amides is 1. The molecule has 32 heavy (non-hydrogen) atoms. The Labute approximate surface area is 194 Å². The highest BCUT2D eigenvalue weighted by Gasteiger charge is 2.05. The van der Waals surface area contributed by atoms with Crippen LogP contribution in [0.3, 0.4) is 0 Å². The molecule has 0 saturated heterocycles. The fourth-order valence-corrected chi connectivity index (χ4v) is 3.60. The zero-order chi connectivity index (χ0) is 22.2. The van der Waals surface area contributed by atoms with Crippen LogP contribution in [-0.2, 0) is 11.4 Å². The summed E-state index contributed by atoms with van der Waals surface area (Å²) in [5.74, 6) is 1.05. The van der Waals surface area contributed by atoms with E-state index in [1.807, 2.05) is 91.0 Å². The fourth-order valence-electron chi connectivity index (χ4n) is 3.15. The number of fused-ring (bicyclic) bond motifs is 1. The van der Waals surface area contributed by atoms with Gasteiger partial charge in [-0.2, -0.15) is 5.10 Å². The first kappa shape index (κ1) is 21.6. The molecule has 1 N–H and O–H groups in total. The smallest absolute Gasteiger partial charge is 0.277 e. The van der Waals surface area contributed by atoms with Crippen molar-refractivity contribution < 1.29 is 14.3 Å². The SMILES string of the molecule is O=C(COc1cccc2ccccc12)N/N=C\c1cccc(OCc2cccc(Br)c2)c1. The molecule has 0 unspecified atom stereocenters. The molecule has 4 rings (SSSR count). The molecule has 0 spiro atoms. The van der Waals surface area contributed by atoms with E-state index < -0.39 is 0 Å². The molecule has 0 fully saturated rings. The van der Waals surface area contributed by atoms with E-state index in [4.69, 9.17) is 9.47 Å². The molecule has 0 aliphatic rings. The average molecular weight is 489 g/mol. The van der Waals surface area contributed by atoms with Crippen LogP contribution in [0.5, 0.6) is 11.5 Å². The third-order valence-electron chi connectivity index (χ3n) is 4.66. The van der Waals surface area contributed by atoms with Gasteiger partial charge in [0, 0.05) is 9.86 Å². The van der Waals surface area contributed by atoms with Gasteiger partial charge in [-0.3, -0.25) is 4.79 Å². The summed E-state index contributed by atoms with van der Waals surface area (Å²) in [7, 11) is 0. The van der Waals surface area contributed by atoms with Crippen molar-refractivity contribution in [1.82, 2.24) is 5.43 Å². The lowest BCUT2D eigenvalue weighted by molar-refractivity contribution is -0.123. The average Bonchev–Trinajstić information content (AvgIpc) is 2.82. The van der Waals surface area contributed by atoms with Crippen LogP contribution in [0.15, 0.2) is 101 Å².